The van der Waals surface area contributed by atoms with E-state index in [0.29, 0.717) is 6.61 Å². The lowest BCUT2D eigenvalue weighted by molar-refractivity contribution is 0.180. The van der Waals surface area contributed by atoms with Crippen LogP contribution in [0.3, 0.4) is 0 Å². The Morgan fingerprint density at radius 3 is 2.35 bits per heavy atom. The highest BCUT2D eigenvalue weighted by atomic mass is 32.1. The summed E-state index contributed by atoms with van der Waals surface area (Å²) >= 11 is 1.62. The first-order valence-electron chi connectivity index (χ1n) is 6.38. The largest absolute Gasteiger partial charge is 0.497 e. The Bertz CT molecular complexity index is 571. The molecular formula is C15H20N2O2S. The standard InChI is InChI=1S/C15H20N2O2S/c1-15(2,16)13-12(9-18-3)17-14(20-13)10-5-7-11(19-4)8-6-10/h5-8H,9,16H2,1-4H3. The number of hydrogen-bond donors (Lipinski definition) is 1. The Morgan fingerprint density at radius 2 is 1.85 bits per heavy atom. The van der Waals surface area contributed by atoms with E-state index in [1.54, 1.807) is 25.6 Å². The molecular weight excluding hydrogens is 272 g/mol. The van der Waals surface area contributed by atoms with Crippen LogP contribution in [0, 0.1) is 0 Å². The van der Waals surface area contributed by atoms with E-state index < -0.39 is 5.54 Å². The zero-order valence-corrected chi connectivity index (χ0v) is 13.1. The first-order valence-corrected chi connectivity index (χ1v) is 7.19. The van der Waals surface area contributed by atoms with Gasteiger partial charge in [0.05, 0.1) is 19.4 Å². The molecule has 1 aromatic carbocycles. The van der Waals surface area contributed by atoms with Crippen LogP contribution in [0.4, 0.5) is 0 Å². The third-order valence-electron chi connectivity index (χ3n) is 2.90. The second kappa shape index (κ2) is 5.91. The number of ether oxygens (including phenoxy) is 2. The fourth-order valence-corrected chi connectivity index (χ4v) is 3.04. The second-order valence-electron chi connectivity index (χ2n) is 5.18. The molecule has 1 heterocycles. The normalized spacial score (nSPS) is 11.7. The summed E-state index contributed by atoms with van der Waals surface area (Å²) in [4.78, 5) is 5.73. The molecule has 0 spiro atoms. The average molecular weight is 292 g/mol. The number of benzene rings is 1. The van der Waals surface area contributed by atoms with Crippen molar-refractivity contribution in [3.05, 3.63) is 34.8 Å². The van der Waals surface area contributed by atoms with Gasteiger partial charge < -0.3 is 15.2 Å². The molecule has 0 radical (unpaired) electrons. The molecule has 1 aromatic heterocycles. The molecule has 0 amide bonds. The van der Waals surface area contributed by atoms with Gasteiger partial charge in [0.15, 0.2) is 0 Å². The average Bonchev–Trinajstić information content (AvgIpc) is 2.83. The van der Waals surface area contributed by atoms with Gasteiger partial charge in [-0.2, -0.15) is 0 Å². The summed E-state index contributed by atoms with van der Waals surface area (Å²) in [5.41, 5.74) is 7.77. The van der Waals surface area contributed by atoms with E-state index in [1.807, 2.05) is 38.1 Å². The smallest absolute Gasteiger partial charge is 0.124 e. The minimum absolute atomic E-state index is 0.420. The third kappa shape index (κ3) is 3.17. The predicted molar refractivity (Wildman–Crippen MR) is 82.0 cm³/mol. The lowest BCUT2D eigenvalue weighted by atomic mass is 10.0. The molecule has 108 valence electrons. The van der Waals surface area contributed by atoms with Gasteiger partial charge in [-0.3, -0.25) is 0 Å². The van der Waals surface area contributed by atoms with Crippen LogP contribution >= 0.6 is 11.3 Å². The van der Waals surface area contributed by atoms with Crippen LogP contribution < -0.4 is 10.5 Å². The maximum atomic E-state index is 6.22. The molecule has 0 saturated carbocycles. The molecule has 0 saturated heterocycles. The van der Waals surface area contributed by atoms with Crippen molar-refractivity contribution < 1.29 is 9.47 Å². The Hall–Kier alpha value is -1.43. The number of rotatable bonds is 5. The molecule has 0 bridgehead atoms. The summed E-state index contributed by atoms with van der Waals surface area (Å²) in [6, 6.07) is 7.86. The summed E-state index contributed by atoms with van der Waals surface area (Å²) in [7, 11) is 3.32. The molecule has 5 heteroatoms. The van der Waals surface area contributed by atoms with Gasteiger partial charge in [0.1, 0.15) is 10.8 Å². The number of hydrogen-bond acceptors (Lipinski definition) is 5. The summed E-state index contributed by atoms with van der Waals surface area (Å²) in [6.07, 6.45) is 0. The topological polar surface area (TPSA) is 57.4 Å². The Labute approximate surface area is 123 Å². The van der Waals surface area contributed by atoms with Gasteiger partial charge in [-0.05, 0) is 38.1 Å². The number of nitrogens with zero attached hydrogens (tertiary/aromatic N) is 1. The van der Waals surface area contributed by atoms with E-state index in [2.05, 4.69) is 4.98 Å². The van der Waals surface area contributed by atoms with Crippen LogP contribution in [-0.4, -0.2) is 19.2 Å². The molecule has 2 rings (SSSR count). The van der Waals surface area contributed by atoms with E-state index >= 15 is 0 Å². The quantitative estimate of drug-likeness (QED) is 0.919. The molecule has 2 N–H and O–H groups in total. The van der Waals surface area contributed by atoms with Gasteiger partial charge in [-0.25, -0.2) is 4.98 Å². The second-order valence-corrected chi connectivity index (χ2v) is 6.18. The number of methoxy groups -OCH3 is 2. The highest BCUT2D eigenvalue weighted by molar-refractivity contribution is 7.15. The van der Waals surface area contributed by atoms with Crippen molar-refractivity contribution in [2.75, 3.05) is 14.2 Å². The monoisotopic (exact) mass is 292 g/mol. The van der Waals surface area contributed by atoms with E-state index in [4.69, 9.17) is 15.2 Å². The van der Waals surface area contributed by atoms with Crippen molar-refractivity contribution in [1.82, 2.24) is 4.98 Å². The van der Waals surface area contributed by atoms with Crippen LogP contribution in [-0.2, 0) is 16.9 Å². The van der Waals surface area contributed by atoms with Gasteiger partial charge in [-0.1, -0.05) is 0 Å². The van der Waals surface area contributed by atoms with Crippen LogP contribution in [0.25, 0.3) is 10.6 Å². The summed E-state index contributed by atoms with van der Waals surface area (Å²) < 4.78 is 10.4. The van der Waals surface area contributed by atoms with E-state index in [1.165, 1.54) is 0 Å². The van der Waals surface area contributed by atoms with Gasteiger partial charge in [0.2, 0.25) is 0 Å². The zero-order chi connectivity index (χ0) is 14.8. The number of nitrogens with two attached hydrogens (primary N) is 1. The first kappa shape index (κ1) is 15.0. The first-order chi connectivity index (χ1) is 9.45. The lowest BCUT2D eigenvalue weighted by Crippen LogP contribution is -2.28. The molecule has 0 fully saturated rings. The van der Waals surface area contributed by atoms with Crippen molar-refractivity contribution in [2.45, 2.75) is 26.0 Å². The van der Waals surface area contributed by atoms with Gasteiger partial charge >= 0.3 is 0 Å². The maximum absolute atomic E-state index is 6.22. The molecule has 0 aliphatic rings. The van der Waals surface area contributed by atoms with E-state index in [-0.39, 0.29) is 0 Å². The highest BCUT2D eigenvalue weighted by Crippen LogP contribution is 2.34. The SMILES string of the molecule is COCc1nc(-c2ccc(OC)cc2)sc1C(C)(C)N. The van der Waals surface area contributed by atoms with Crippen LogP contribution in [0.2, 0.25) is 0 Å². The molecule has 0 aliphatic heterocycles. The van der Waals surface area contributed by atoms with Gasteiger partial charge in [0.25, 0.3) is 0 Å². The zero-order valence-electron chi connectivity index (χ0n) is 12.3. The fraction of sp³-hybridized carbons (Fsp3) is 0.400. The lowest BCUT2D eigenvalue weighted by Gasteiger charge is -2.17. The maximum Gasteiger partial charge on any atom is 0.124 e. The van der Waals surface area contributed by atoms with Crippen molar-refractivity contribution in [3.8, 4) is 16.3 Å². The fourth-order valence-electron chi connectivity index (χ4n) is 1.95. The number of thiazole rings is 1. The van der Waals surface area contributed by atoms with Gasteiger partial charge in [0, 0.05) is 23.1 Å². The molecule has 20 heavy (non-hydrogen) atoms. The van der Waals surface area contributed by atoms with Crippen LogP contribution in [0.1, 0.15) is 24.4 Å². The highest BCUT2D eigenvalue weighted by Gasteiger charge is 2.23. The van der Waals surface area contributed by atoms with E-state index in [9.17, 15) is 0 Å². The molecule has 0 unspecified atom stereocenters. The number of aromatic nitrogens is 1. The third-order valence-corrected chi connectivity index (χ3v) is 4.39. The summed E-state index contributed by atoms with van der Waals surface area (Å²) in [6.45, 7) is 4.44. The molecule has 0 aliphatic carbocycles. The summed E-state index contributed by atoms with van der Waals surface area (Å²) in [5.74, 6) is 0.835. The predicted octanol–water partition coefficient (Wildman–Crippen LogP) is 3.16. The Kier molecular flexibility index (Phi) is 4.42. The Balaban J connectivity index is 2.41. The van der Waals surface area contributed by atoms with Crippen molar-refractivity contribution in [1.29, 1.82) is 0 Å². The van der Waals surface area contributed by atoms with Crippen LogP contribution in [0.5, 0.6) is 5.75 Å². The van der Waals surface area contributed by atoms with E-state index in [0.717, 1.165) is 26.9 Å². The minimum Gasteiger partial charge on any atom is -0.497 e. The van der Waals surface area contributed by atoms with Crippen molar-refractivity contribution >= 4 is 11.3 Å². The Morgan fingerprint density at radius 1 is 1.20 bits per heavy atom. The van der Waals surface area contributed by atoms with Crippen LogP contribution in [0.15, 0.2) is 24.3 Å². The molecule has 4 nitrogen and oxygen atoms in total. The van der Waals surface area contributed by atoms with Gasteiger partial charge in [-0.15, -0.1) is 11.3 Å². The van der Waals surface area contributed by atoms with Crippen molar-refractivity contribution in [2.24, 2.45) is 5.73 Å². The molecule has 2 aromatic rings. The minimum atomic E-state index is -0.420. The summed E-state index contributed by atoms with van der Waals surface area (Å²) in [5, 5.41) is 0.952. The van der Waals surface area contributed by atoms with Crippen molar-refractivity contribution in [3.63, 3.8) is 0 Å². The molecule has 0 atom stereocenters.